The van der Waals surface area contributed by atoms with Gasteiger partial charge in [-0.15, -0.1) is 11.6 Å². The number of rotatable bonds is 1. The number of hydrogen-bond donors (Lipinski definition) is 0. The van der Waals surface area contributed by atoms with Crippen LogP contribution >= 0.6 is 11.6 Å². The van der Waals surface area contributed by atoms with Crippen molar-refractivity contribution >= 4 is 11.6 Å². The normalized spacial score (nSPS) is 64.3. The molecule has 2 aliphatic rings. The molecule has 0 atom stereocenters. The van der Waals surface area contributed by atoms with E-state index in [1.165, 1.54) is 19.3 Å². The van der Waals surface area contributed by atoms with E-state index in [1.54, 1.807) is 0 Å². The Morgan fingerprint density at radius 2 is 2.00 bits per heavy atom. The Morgan fingerprint density at radius 1 is 1.57 bits per heavy atom. The fourth-order valence-corrected chi connectivity index (χ4v) is 2.14. The van der Waals surface area contributed by atoms with Crippen LogP contribution < -0.4 is 0 Å². The maximum absolute atomic E-state index is 5.97. The number of fused-ring (bicyclic) bond motifs is 1. The van der Waals surface area contributed by atoms with Gasteiger partial charge in [0.1, 0.15) is 0 Å². The first-order chi connectivity index (χ1) is 3.22. The molecule has 0 aromatic carbocycles. The molecular weight excluding hydrogens is 108 g/mol. The summed E-state index contributed by atoms with van der Waals surface area (Å²) in [5, 5.41) is 0. The molecule has 0 aromatic rings. The van der Waals surface area contributed by atoms with Gasteiger partial charge in [-0.1, -0.05) is 6.92 Å². The van der Waals surface area contributed by atoms with Gasteiger partial charge in [0.05, 0.1) is 4.87 Å². The summed E-state index contributed by atoms with van der Waals surface area (Å²) in [5.74, 6) is 0. The molecule has 2 saturated carbocycles. The van der Waals surface area contributed by atoms with Gasteiger partial charge in [0.15, 0.2) is 0 Å². The van der Waals surface area contributed by atoms with Gasteiger partial charge in [-0.05, 0) is 24.7 Å². The lowest BCUT2D eigenvalue weighted by Crippen LogP contribution is -1.77. The van der Waals surface area contributed by atoms with Gasteiger partial charge in [-0.25, -0.2) is 0 Å². The van der Waals surface area contributed by atoms with Crippen LogP contribution in [0.4, 0.5) is 0 Å². The van der Waals surface area contributed by atoms with Gasteiger partial charge in [-0.3, -0.25) is 0 Å². The summed E-state index contributed by atoms with van der Waals surface area (Å²) in [5.41, 5.74) is 0.661. The third kappa shape index (κ3) is 0.281. The maximum atomic E-state index is 5.97. The van der Waals surface area contributed by atoms with E-state index in [2.05, 4.69) is 6.92 Å². The van der Waals surface area contributed by atoms with Crippen molar-refractivity contribution in [2.45, 2.75) is 31.1 Å². The highest BCUT2D eigenvalue weighted by molar-refractivity contribution is 6.29. The van der Waals surface area contributed by atoms with Crippen molar-refractivity contribution in [2.75, 3.05) is 0 Å². The molecule has 0 radical (unpaired) electrons. The van der Waals surface area contributed by atoms with Crippen LogP contribution in [0.3, 0.4) is 0 Å². The molecule has 0 spiro atoms. The van der Waals surface area contributed by atoms with Gasteiger partial charge < -0.3 is 0 Å². The Balaban J connectivity index is 2.14. The monoisotopic (exact) mass is 116 g/mol. The van der Waals surface area contributed by atoms with Gasteiger partial charge in [0, 0.05) is 0 Å². The lowest BCUT2D eigenvalue weighted by molar-refractivity contribution is 0.624. The second kappa shape index (κ2) is 0.753. The highest BCUT2D eigenvalue weighted by atomic mass is 35.5. The molecule has 0 unspecified atom stereocenters. The largest absolute Gasteiger partial charge is 0.119 e. The fourth-order valence-electron chi connectivity index (χ4n) is 1.50. The van der Waals surface area contributed by atoms with Crippen LogP contribution in [0.15, 0.2) is 0 Å². The second-order valence-corrected chi connectivity index (χ2v) is 3.68. The summed E-state index contributed by atoms with van der Waals surface area (Å²) in [6.07, 6.45) is 3.91. The topological polar surface area (TPSA) is 0 Å². The predicted octanol–water partition coefficient (Wildman–Crippen LogP) is 2.17. The van der Waals surface area contributed by atoms with Crippen molar-refractivity contribution < 1.29 is 0 Å². The Labute approximate surface area is 48.9 Å². The molecule has 0 N–H and O–H groups in total. The van der Waals surface area contributed by atoms with Crippen LogP contribution in [-0.4, -0.2) is 4.87 Å². The molecule has 2 rings (SSSR count). The summed E-state index contributed by atoms with van der Waals surface area (Å²) >= 11 is 5.97. The highest BCUT2D eigenvalue weighted by Gasteiger charge is 2.81. The zero-order chi connectivity index (χ0) is 5.12. The van der Waals surface area contributed by atoms with Crippen LogP contribution in [0, 0.1) is 5.41 Å². The summed E-state index contributed by atoms with van der Waals surface area (Å²) in [4.78, 5) is 0.335. The Bertz CT molecular complexity index is 106. The highest BCUT2D eigenvalue weighted by Crippen LogP contribution is 2.84. The molecule has 1 heteroatoms. The molecule has 7 heavy (non-hydrogen) atoms. The first kappa shape index (κ1) is 4.20. The van der Waals surface area contributed by atoms with Crippen molar-refractivity contribution in [2.24, 2.45) is 5.41 Å². The third-order valence-electron chi connectivity index (χ3n) is 2.61. The molecule has 0 bridgehead atoms. The Hall–Kier alpha value is 0.290. The summed E-state index contributed by atoms with van der Waals surface area (Å²) < 4.78 is 0. The Morgan fingerprint density at radius 3 is 2.00 bits per heavy atom. The van der Waals surface area contributed by atoms with Gasteiger partial charge in [-0.2, -0.15) is 0 Å². The van der Waals surface area contributed by atoms with E-state index in [0.717, 1.165) is 0 Å². The quantitative estimate of drug-likeness (QED) is 0.461. The lowest BCUT2D eigenvalue weighted by atomic mass is 10.2. The number of alkyl halides is 1. The minimum absolute atomic E-state index is 0.335. The van der Waals surface area contributed by atoms with Gasteiger partial charge in [0.25, 0.3) is 0 Å². The number of halogens is 1. The van der Waals surface area contributed by atoms with Gasteiger partial charge in [0.2, 0.25) is 0 Å². The predicted molar refractivity (Wildman–Crippen MR) is 30.5 cm³/mol. The van der Waals surface area contributed by atoms with Crippen LogP contribution in [0.1, 0.15) is 26.2 Å². The zero-order valence-corrected chi connectivity index (χ0v) is 5.26. The van der Waals surface area contributed by atoms with E-state index >= 15 is 0 Å². The molecule has 0 aliphatic heterocycles. The first-order valence-corrected chi connectivity index (χ1v) is 3.29. The zero-order valence-electron chi connectivity index (χ0n) is 4.50. The smallest absolute Gasteiger partial charge is 0.0515 e. The molecule has 0 saturated heterocycles. The third-order valence-corrected chi connectivity index (χ3v) is 3.28. The van der Waals surface area contributed by atoms with E-state index in [9.17, 15) is 0 Å². The van der Waals surface area contributed by atoms with Gasteiger partial charge >= 0.3 is 0 Å². The van der Waals surface area contributed by atoms with E-state index in [-0.39, 0.29) is 0 Å². The number of hydrogen-bond acceptors (Lipinski definition) is 0. The summed E-state index contributed by atoms with van der Waals surface area (Å²) in [7, 11) is 0. The SMILES string of the molecule is CCC12CC1(Cl)C2. The van der Waals surface area contributed by atoms with Crippen molar-refractivity contribution in [3.63, 3.8) is 0 Å². The van der Waals surface area contributed by atoms with E-state index < -0.39 is 0 Å². The molecule has 2 aliphatic carbocycles. The van der Waals surface area contributed by atoms with Crippen molar-refractivity contribution in [1.29, 1.82) is 0 Å². The average Bonchev–Trinajstić information content (AvgIpc) is 2.24. The van der Waals surface area contributed by atoms with Crippen molar-refractivity contribution in [3.8, 4) is 0 Å². The average molecular weight is 117 g/mol. The molecule has 0 amide bonds. The summed E-state index contributed by atoms with van der Waals surface area (Å²) in [6, 6.07) is 0. The van der Waals surface area contributed by atoms with E-state index in [4.69, 9.17) is 11.6 Å². The molecular formula is C6H9Cl. The van der Waals surface area contributed by atoms with E-state index in [0.29, 0.717) is 10.3 Å². The van der Waals surface area contributed by atoms with Crippen molar-refractivity contribution in [3.05, 3.63) is 0 Å². The first-order valence-electron chi connectivity index (χ1n) is 2.91. The molecule has 0 heterocycles. The molecule has 40 valence electrons. The Kier molecular flexibility index (Phi) is 0.451. The standard InChI is InChI=1S/C6H9Cl/c1-2-5-3-6(5,7)4-5/h2-4H2,1H3. The van der Waals surface area contributed by atoms with Crippen LogP contribution in [0.2, 0.25) is 0 Å². The second-order valence-electron chi connectivity index (χ2n) is 2.95. The van der Waals surface area contributed by atoms with Crippen LogP contribution in [0.5, 0.6) is 0 Å². The van der Waals surface area contributed by atoms with Crippen molar-refractivity contribution in [1.82, 2.24) is 0 Å². The minimum Gasteiger partial charge on any atom is -0.119 e. The van der Waals surface area contributed by atoms with E-state index in [1.807, 2.05) is 0 Å². The summed E-state index contributed by atoms with van der Waals surface area (Å²) in [6.45, 7) is 2.23. The minimum atomic E-state index is 0.335. The maximum Gasteiger partial charge on any atom is 0.0515 e. The fraction of sp³-hybridized carbons (Fsp3) is 1.00. The van der Waals surface area contributed by atoms with Crippen LogP contribution in [-0.2, 0) is 0 Å². The molecule has 0 aromatic heterocycles. The molecule has 2 fully saturated rings. The lowest BCUT2D eigenvalue weighted by Gasteiger charge is -1.88. The van der Waals surface area contributed by atoms with Crippen LogP contribution in [0.25, 0.3) is 0 Å². The molecule has 0 nitrogen and oxygen atoms in total.